The molecule has 2 nitrogen and oxygen atoms in total. The minimum atomic E-state index is 0.00429. The van der Waals surface area contributed by atoms with Gasteiger partial charge in [0.05, 0.1) is 14.6 Å². The summed E-state index contributed by atoms with van der Waals surface area (Å²) in [4.78, 5) is 8.23. The van der Waals surface area contributed by atoms with Crippen molar-refractivity contribution in [1.82, 2.24) is 0 Å². The van der Waals surface area contributed by atoms with E-state index in [2.05, 4.69) is 0 Å². The smallest absolute Gasteiger partial charge is 0.0705 e. The van der Waals surface area contributed by atoms with E-state index in [1.165, 1.54) is 11.4 Å². The van der Waals surface area contributed by atoms with Crippen molar-refractivity contribution in [3.8, 4) is 0 Å². The lowest BCUT2D eigenvalue weighted by Gasteiger charge is -1.92. The Labute approximate surface area is 49.3 Å². The van der Waals surface area contributed by atoms with Crippen LogP contribution in [0.3, 0.4) is 0 Å². The van der Waals surface area contributed by atoms with Gasteiger partial charge in [0.2, 0.25) is 0 Å². The van der Waals surface area contributed by atoms with Gasteiger partial charge in [-0.05, 0) is 0 Å². The second kappa shape index (κ2) is 6.70. The fourth-order valence-corrected chi connectivity index (χ4v) is 1.04. The van der Waals surface area contributed by atoms with Gasteiger partial charge in [-0.1, -0.05) is 0 Å². The fraction of sp³-hybridized carbons (Fsp3) is 1.00. The zero-order chi connectivity index (χ0) is 5.54. The topological polar surface area (TPSA) is 29.5 Å². The second-order valence-corrected chi connectivity index (χ2v) is 3.23. The van der Waals surface area contributed by atoms with E-state index in [1.54, 1.807) is 7.11 Å². The van der Waals surface area contributed by atoms with Gasteiger partial charge in [0.1, 0.15) is 0 Å². The molecule has 0 aromatic carbocycles. The fourth-order valence-electron chi connectivity index (χ4n) is 0.171. The van der Waals surface area contributed by atoms with Crippen LogP contribution in [0.1, 0.15) is 0 Å². The van der Waals surface area contributed by atoms with E-state index in [-0.39, 0.29) is 8.01 Å². The van der Waals surface area contributed by atoms with Crippen molar-refractivity contribution < 1.29 is 9.63 Å². The summed E-state index contributed by atoms with van der Waals surface area (Å²) in [6.45, 7) is 0.734. The third-order valence-electron chi connectivity index (χ3n) is 0.454. The van der Waals surface area contributed by atoms with Gasteiger partial charge in [0.15, 0.2) is 0 Å². The highest BCUT2D eigenvalue weighted by atomic mass is 32.7. The molecule has 0 saturated heterocycles. The normalized spacial score (nSPS) is 11.1. The molecule has 0 aliphatic rings. The molecule has 0 rings (SSSR count). The summed E-state index contributed by atoms with van der Waals surface area (Å²) in [5.74, 6) is 0.894. The highest BCUT2D eigenvalue weighted by Crippen LogP contribution is 2.22. The van der Waals surface area contributed by atoms with E-state index in [4.69, 9.17) is 9.63 Å². The predicted octanol–water partition coefficient (Wildman–Crippen LogP) is 0.867. The average Bonchev–Trinajstić information content (AvgIpc) is 1.69. The number of methoxy groups -OCH3 is 1. The zero-order valence-electron chi connectivity index (χ0n) is 4.18. The monoisotopic (exact) mass is 140 g/mol. The molecule has 0 radical (unpaired) electrons. The Morgan fingerprint density at radius 2 is 2.57 bits per heavy atom. The molecule has 0 aromatic rings. The molecule has 44 valence electrons. The second-order valence-electron chi connectivity index (χ2n) is 0.933. The molecule has 1 N–H and O–H groups in total. The van der Waals surface area contributed by atoms with E-state index in [1.807, 2.05) is 0 Å². The number of ether oxygens (including phenoxy) is 1. The van der Waals surface area contributed by atoms with Gasteiger partial charge in [-0.3, -0.25) is 0 Å². The van der Waals surface area contributed by atoms with Crippen LogP contribution in [0.5, 0.6) is 0 Å². The Balaban J connectivity index is 2.45. The summed E-state index contributed by atoms with van der Waals surface area (Å²) in [6.07, 6.45) is 0. The first-order valence-corrected chi connectivity index (χ1v) is 4.57. The first-order chi connectivity index (χ1) is 3.41. The molecule has 0 aliphatic heterocycles. The number of hydrogen-bond donors (Lipinski definition) is 1. The summed E-state index contributed by atoms with van der Waals surface area (Å²) in [6, 6.07) is 0. The summed E-state index contributed by atoms with van der Waals surface area (Å²) < 4.78 is 4.72. The van der Waals surface area contributed by atoms with Crippen molar-refractivity contribution in [2.45, 2.75) is 0 Å². The Morgan fingerprint density at radius 3 is 3.00 bits per heavy atom. The van der Waals surface area contributed by atoms with E-state index in [9.17, 15) is 0 Å². The molecule has 0 amide bonds. The lowest BCUT2D eigenvalue weighted by Crippen LogP contribution is -1.87. The van der Waals surface area contributed by atoms with Gasteiger partial charge in [-0.25, -0.2) is 0 Å². The lowest BCUT2D eigenvalue weighted by atomic mass is 10.9. The highest BCUT2D eigenvalue weighted by Gasteiger charge is 1.80. The van der Waals surface area contributed by atoms with E-state index < -0.39 is 0 Å². The van der Waals surface area contributed by atoms with Gasteiger partial charge >= 0.3 is 0 Å². The van der Waals surface area contributed by atoms with Crippen LogP contribution in [0.4, 0.5) is 0 Å². The Hall–Kier alpha value is 0.700. The van der Waals surface area contributed by atoms with Crippen LogP contribution in [-0.2, 0) is 4.74 Å². The maximum atomic E-state index is 8.23. The van der Waals surface area contributed by atoms with Crippen molar-refractivity contribution in [2.24, 2.45) is 0 Å². The SMILES string of the molecule is COCCSPO. The van der Waals surface area contributed by atoms with E-state index in [0.717, 1.165) is 12.4 Å². The van der Waals surface area contributed by atoms with Crippen LogP contribution in [0.25, 0.3) is 0 Å². The minimum Gasteiger partial charge on any atom is -0.384 e. The van der Waals surface area contributed by atoms with Gasteiger partial charge < -0.3 is 9.63 Å². The number of hydrogen-bond acceptors (Lipinski definition) is 3. The third-order valence-corrected chi connectivity index (χ3v) is 1.95. The molecule has 0 spiro atoms. The highest BCUT2D eigenvalue weighted by molar-refractivity contribution is 8.47. The molecular weight excluding hydrogens is 131 g/mol. The van der Waals surface area contributed by atoms with Crippen molar-refractivity contribution in [3.63, 3.8) is 0 Å². The number of rotatable bonds is 4. The van der Waals surface area contributed by atoms with Crippen molar-refractivity contribution >= 4 is 19.4 Å². The van der Waals surface area contributed by atoms with Crippen LogP contribution in [-0.4, -0.2) is 24.4 Å². The maximum Gasteiger partial charge on any atom is 0.0705 e. The first kappa shape index (κ1) is 7.70. The Kier molecular flexibility index (Phi) is 7.37. The van der Waals surface area contributed by atoms with Crippen LogP contribution >= 0.6 is 19.4 Å². The molecule has 0 saturated carbocycles. The molecule has 0 fully saturated rings. The van der Waals surface area contributed by atoms with Crippen molar-refractivity contribution in [2.75, 3.05) is 19.5 Å². The molecule has 0 aliphatic carbocycles. The predicted molar refractivity (Wildman–Crippen MR) is 34.9 cm³/mol. The third kappa shape index (κ3) is 6.70. The van der Waals surface area contributed by atoms with Crippen molar-refractivity contribution in [1.29, 1.82) is 0 Å². The van der Waals surface area contributed by atoms with Gasteiger partial charge in [-0.2, -0.15) is 0 Å². The standard InChI is InChI=1S/C3H9O2PS/c1-5-2-3-7-6-4/h4,6H,2-3H2,1H3. The molecule has 1 unspecified atom stereocenters. The Bertz CT molecular complexity index is 32.1. The largest absolute Gasteiger partial charge is 0.384 e. The molecular formula is C3H9O2PS. The first-order valence-electron chi connectivity index (χ1n) is 1.91. The summed E-state index contributed by atoms with van der Waals surface area (Å²) in [7, 11) is 1.66. The van der Waals surface area contributed by atoms with Gasteiger partial charge in [0, 0.05) is 12.9 Å². The van der Waals surface area contributed by atoms with E-state index >= 15 is 0 Å². The zero-order valence-corrected chi connectivity index (χ0v) is 5.99. The van der Waals surface area contributed by atoms with Crippen LogP contribution in [0.15, 0.2) is 0 Å². The summed E-state index contributed by atoms with van der Waals surface area (Å²) >= 11 is 1.49. The van der Waals surface area contributed by atoms with E-state index in [0.29, 0.717) is 0 Å². The average molecular weight is 140 g/mol. The van der Waals surface area contributed by atoms with Crippen molar-refractivity contribution in [3.05, 3.63) is 0 Å². The minimum absolute atomic E-state index is 0.00429. The van der Waals surface area contributed by atoms with Crippen LogP contribution in [0.2, 0.25) is 0 Å². The molecule has 0 heterocycles. The molecule has 1 atom stereocenters. The van der Waals surface area contributed by atoms with Crippen LogP contribution < -0.4 is 0 Å². The van der Waals surface area contributed by atoms with Gasteiger partial charge in [-0.15, -0.1) is 11.4 Å². The maximum absolute atomic E-state index is 8.23. The molecule has 7 heavy (non-hydrogen) atoms. The summed E-state index contributed by atoms with van der Waals surface area (Å²) in [5, 5.41) is 0. The van der Waals surface area contributed by atoms with Gasteiger partial charge in [0.25, 0.3) is 0 Å². The lowest BCUT2D eigenvalue weighted by molar-refractivity contribution is 0.219. The quantitative estimate of drug-likeness (QED) is 0.464. The molecule has 0 aromatic heterocycles. The molecule has 4 heteroatoms. The molecule has 0 bridgehead atoms. The summed E-state index contributed by atoms with van der Waals surface area (Å²) in [5.41, 5.74) is 0. The van der Waals surface area contributed by atoms with Crippen LogP contribution in [0, 0.1) is 0 Å². The Morgan fingerprint density at radius 1 is 1.86 bits per heavy atom.